The number of hydrogen-bond donors (Lipinski definition) is 2. The van der Waals surface area contributed by atoms with Gasteiger partial charge >= 0.3 is 5.97 Å². The normalized spacial score (nSPS) is 10.4. The van der Waals surface area contributed by atoms with Gasteiger partial charge in [-0.05, 0) is 37.6 Å². The number of hydrogen-bond acceptors (Lipinski definition) is 3. The van der Waals surface area contributed by atoms with E-state index in [4.69, 9.17) is 5.11 Å². The van der Waals surface area contributed by atoms with Crippen LogP contribution in [0.2, 0.25) is 0 Å². The molecule has 0 fully saturated rings. The zero-order chi connectivity index (χ0) is 13.8. The molecule has 100 valence electrons. The van der Waals surface area contributed by atoms with Crippen LogP contribution in [0.25, 0.3) is 0 Å². The Labute approximate surface area is 111 Å². The fraction of sp³-hybridized carbons (Fsp3) is 0.286. The summed E-state index contributed by atoms with van der Waals surface area (Å²) in [5.74, 6) is -0.904. The molecule has 0 unspecified atom stereocenters. The van der Waals surface area contributed by atoms with Crippen molar-refractivity contribution in [3.63, 3.8) is 0 Å². The summed E-state index contributed by atoms with van der Waals surface area (Å²) in [5.41, 5.74) is 3.27. The van der Waals surface area contributed by atoms with Crippen LogP contribution in [0.5, 0.6) is 0 Å². The van der Waals surface area contributed by atoms with Gasteiger partial charge in [0.2, 0.25) is 0 Å². The molecule has 1 aromatic carbocycles. The van der Waals surface area contributed by atoms with Crippen molar-refractivity contribution in [3.8, 4) is 0 Å². The average molecular weight is 259 g/mol. The second-order valence-electron chi connectivity index (χ2n) is 4.36. The molecule has 1 heterocycles. The Balaban J connectivity index is 2.10. The van der Waals surface area contributed by atoms with Crippen LogP contribution < -0.4 is 5.32 Å². The lowest BCUT2D eigenvalue weighted by molar-refractivity contribution is 0.0697. The summed E-state index contributed by atoms with van der Waals surface area (Å²) in [5, 5.41) is 12.2. The van der Waals surface area contributed by atoms with E-state index in [2.05, 4.69) is 21.8 Å². The fourth-order valence-corrected chi connectivity index (χ4v) is 1.96. The van der Waals surface area contributed by atoms with Crippen molar-refractivity contribution in [1.82, 2.24) is 9.55 Å². The van der Waals surface area contributed by atoms with Crippen LogP contribution in [-0.2, 0) is 13.1 Å². The molecule has 0 spiro atoms. The highest BCUT2D eigenvalue weighted by atomic mass is 16.4. The highest BCUT2D eigenvalue weighted by Crippen LogP contribution is 2.17. The van der Waals surface area contributed by atoms with Gasteiger partial charge in [-0.15, -0.1) is 0 Å². The molecular weight excluding hydrogens is 242 g/mol. The minimum absolute atomic E-state index is 0.307. The van der Waals surface area contributed by atoms with Crippen molar-refractivity contribution in [2.75, 3.05) is 5.32 Å². The Morgan fingerprint density at radius 1 is 1.47 bits per heavy atom. The van der Waals surface area contributed by atoms with Crippen molar-refractivity contribution in [2.24, 2.45) is 0 Å². The number of carboxylic acids is 1. The van der Waals surface area contributed by atoms with Gasteiger partial charge < -0.3 is 15.0 Å². The Morgan fingerprint density at radius 2 is 2.26 bits per heavy atom. The van der Waals surface area contributed by atoms with Crippen molar-refractivity contribution in [2.45, 2.75) is 26.9 Å². The predicted octanol–water partition coefficient (Wildman–Crippen LogP) is 2.52. The summed E-state index contributed by atoms with van der Waals surface area (Å²) in [4.78, 5) is 15.0. The number of imidazole rings is 1. The molecule has 0 aliphatic carbocycles. The maximum absolute atomic E-state index is 10.9. The summed E-state index contributed by atoms with van der Waals surface area (Å²) in [6, 6.07) is 5.07. The predicted molar refractivity (Wildman–Crippen MR) is 73.4 cm³/mol. The van der Waals surface area contributed by atoms with Crippen molar-refractivity contribution < 1.29 is 9.90 Å². The summed E-state index contributed by atoms with van der Waals surface area (Å²) < 4.78 is 2.06. The van der Waals surface area contributed by atoms with Gasteiger partial charge in [-0.2, -0.15) is 0 Å². The van der Waals surface area contributed by atoms with Crippen LogP contribution in [0.15, 0.2) is 30.7 Å². The third kappa shape index (κ3) is 2.93. The van der Waals surface area contributed by atoms with E-state index in [9.17, 15) is 4.79 Å². The molecule has 0 atom stereocenters. The fourth-order valence-electron chi connectivity index (χ4n) is 1.96. The number of carboxylic acid groups (broad SMARTS) is 1. The topological polar surface area (TPSA) is 67.2 Å². The minimum Gasteiger partial charge on any atom is -0.478 e. The number of nitrogens with one attached hydrogen (secondary N) is 1. The molecular formula is C14H17N3O2. The van der Waals surface area contributed by atoms with Crippen LogP contribution in [0.3, 0.4) is 0 Å². The lowest BCUT2D eigenvalue weighted by Crippen LogP contribution is -2.07. The van der Waals surface area contributed by atoms with Gasteiger partial charge in [-0.3, -0.25) is 0 Å². The number of nitrogens with zero attached hydrogens (tertiary/aromatic N) is 2. The monoisotopic (exact) mass is 259 g/mol. The highest BCUT2D eigenvalue weighted by Gasteiger charge is 2.06. The molecule has 0 saturated carbocycles. The van der Waals surface area contributed by atoms with Gasteiger partial charge in [0.05, 0.1) is 24.1 Å². The molecule has 0 aliphatic heterocycles. The van der Waals surface area contributed by atoms with E-state index in [1.165, 1.54) is 0 Å². The van der Waals surface area contributed by atoms with Crippen LogP contribution in [0.1, 0.15) is 28.5 Å². The van der Waals surface area contributed by atoms with E-state index < -0.39 is 5.97 Å². The SMILES string of the molecule is CCn1cncc1CNc1ccc(C(=O)O)cc1C. The van der Waals surface area contributed by atoms with Crippen LogP contribution >= 0.6 is 0 Å². The first kappa shape index (κ1) is 13.1. The summed E-state index contributed by atoms with van der Waals surface area (Å²) >= 11 is 0. The number of aryl methyl sites for hydroxylation is 2. The Kier molecular flexibility index (Phi) is 3.85. The summed E-state index contributed by atoms with van der Waals surface area (Å²) in [6.07, 6.45) is 3.63. The molecule has 0 saturated heterocycles. The minimum atomic E-state index is -0.904. The molecule has 1 aromatic heterocycles. The maximum atomic E-state index is 10.9. The standard InChI is InChI=1S/C14H17N3O2/c1-3-17-9-15-7-12(17)8-16-13-5-4-11(14(18)19)6-10(13)2/h4-7,9,16H,3,8H2,1-2H3,(H,18,19). The first-order chi connectivity index (χ1) is 9.11. The van der Waals surface area contributed by atoms with E-state index in [0.29, 0.717) is 12.1 Å². The number of aromatic nitrogens is 2. The third-order valence-corrected chi connectivity index (χ3v) is 3.07. The molecule has 0 amide bonds. The third-order valence-electron chi connectivity index (χ3n) is 3.07. The molecule has 2 aromatic rings. The molecule has 0 bridgehead atoms. The molecule has 0 aliphatic rings. The summed E-state index contributed by atoms with van der Waals surface area (Å²) in [6.45, 7) is 5.51. The van der Waals surface area contributed by atoms with Crippen LogP contribution in [0, 0.1) is 6.92 Å². The smallest absolute Gasteiger partial charge is 0.335 e. The lowest BCUT2D eigenvalue weighted by atomic mass is 10.1. The highest BCUT2D eigenvalue weighted by molar-refractivity contribution is 5.88. The molecule has 2 rings (SSSR count). The second kappa shape index (κ2) is 5.56. The van der Waals surface area contributed by atoms with Gasteiger partial charge in [0.15, 0.2) is 0 Å². The molecule has 19 heavy (non-hydrogen) atoms. The van der Waals surface area contributed by atoms with E-state index in [1.54, 1.807) is 24.5 Å². The second-order valence-corrected chi connectivity index (χ2v) is 4.36. The first-order valence-electron chi connectivity index (χ1n) is 6.18. The van der Waals surface area contributed by atoms with Gasteiger partial charge in [0, 0.05) is 18.4 Å². The Hall–Kier alpha value is -2.30. The number of anilines is 1. The van der Waals surface area contributed by atoms with Crippen LogP contribution in [-0.4, -0.2) is 20.6 Å². The average Bonchev–Trinajstić information content (AvgIpc) is 2.84. The van der Waals surface area contributed by atoms with E-state index in [0.717, 1.165) is 23.5 Å². The molecule has 2 N–H and O–H groups in total. The molecule has 0 radical (unpaired) electrons. The maximum Gasteiger partial charge on any atom is 0.335 e. The lowest BCUT2D eigenvalue weighted by Gasteiger charge is -2.11. The quantitative estimate of drug-likeness (QED) is 0.865. The van der Waals surface area contributed by atoms with Gasteiger partial charge in [-0.1, -0.05) is 0 Å². The van der Waals surface area contributed by atoms with Crippen molar-refractivity contribution >= 4 is 11.7 Å². The number of rotatable bonds is 5. The zero-order valence-electron chi connectivity index (χ0n) is 11.1. The molecule has 5 nitrogen and oxygen atoms in total. The molecule has 5 heteroatoms. The van der Waals surface area contributed by atoms with Gasteiger partial charge in [0.25, 0.3) is 0 Å². The van der Waals surface area contributed by atoms with E-state index in [1.807, 2.05) is 13.1 Å². The van der Waals surface area contributed by atoms with E-state index in [-0.39, 0.29) is 0 Å². The Bertz CT molecular complexity index is 590. The number of aromatic carboxylic acids is 1. The first-order valence-corrected chi connectivity index (χ1v) is 6.18. The zero-order valence-corrected chi connectivity index (χ0v) is 11.1. The van der Waals surface area contributed by atoms with E-state index >= 15 is 0 Å². The van der Waals surface area contributed by atoms with Crippen molar-refractivity contribution in [1.29, 1.82) is 0 Å². The summed E-state index contributed by atoms with van der Waals surface area (Å²) in [7, 11) is 0. The number of carbonyl (C=O) groups is 1. The van der Waals surface area contributed by atoms with Crippen molar-refractivity contribution in [3.05, 3.63) is 47.5 Å². The largest absolute Gasteiger partial charge is 0.478 e. The van der Waals surface area contributed by atoms with Crippen LogP contribution in [0.4, 0.5) is 5.69 Å². The Morgan fingerprint density at radius 3 is 2.89 bits per heavy atom. The van der Waals surface area contributed by atoms with Gasteiger partial charge in [-0.25, -0.2) is 9.78 Å². The van der Waals surface area contributed by atoms with Gasteiger partial charge in [0.1, 0.15) is 0 Å². The number of benzene rings is 1.